The molecule has 0 spiro atoms. The van der Waals surface area contributed by atoms with E-state index in [9.17, 15) is 0 Å². The predicted molar refractivity (Wildman–Crippen MR) is 192 cm³/mol. The summed E-state index contributed by atoms with van der Waals surface area (Å²) in [7, 11) is 0. The molecule has 0 amide bonds. The number of hydrogen-bond donors (Lipinski definition) is 0. The van der Waals surface area contributed by atoms with Crippen LogP contribution in [0.25, 0.3) is 12.2 Å². The van der Waals surface area contributed by atoms with Gasteiger partial charge < -0.3 is 0 Å². The SMILES string of the molecule is CSC1=C(SC)SC(=CC=C2SC3=C(S2)SC(=Cc2ccc(C=C4SC(SC)=C(SC)S4)s2)S3)S1. The molecule has 1 aromatic heterocycles. The van der Waals surface area contributed by atoms with E-state index in [4.69, 9.17) is 0 Å². The number of hydrogen-bond acceptors (Lipinski definition) is 13. The van der Waals surface area contributed by atoms with E-state index in [0.29, 0.717) is 0 Å². The van der Waals surface area contributed by atoms with E-state index >= 15 is 0 Å². The average molecular weight is 699 g/mol. The first-order valence-electron chi connectivity index (χ1n) is 9.85. The Balaban J connectivity index is 1.16. The second kappa shape index (κ2) is 13.6. The lowest BCUT2D eigenvalue weighted by Gasteiger charge is -2.01. The van der Waals surface area contributed by atoms with Gasteiger partial charge in [0.2, 0.25) is 0 Å². The molecule has 0 saturated heterocycles. The van der Waals surface area contributed by atoms with E-state index in [-0.39, 0.29) is 0 Å². The van der Waals surface area contributed by atoms with Crippen molar-refractivity contribution < 1.29 is 0 Å². The van der Waals surface area contributed by atoms with Gasteiger partial charge in [-0.15, -0.1) is 58.4 Å². The molecule has 1 aromatic rings. The molecule has 5 rings (SSSR count). The third-order valence-electron chi connectivity index (χ3n) is 4.31. The van der Waals surface area contributed by atoms with E-state index < -0.39 is 0 Å². The highest BCUT2D eigenvalue weighted by Gasteiger charge is 2.30. The summed E-state index contributed by atoms with van der Waals surface area (Å²) in [6.45, 7) is 0. The molecule has 13 heteroatoms. The zero-order valence-electron chi connectivity index (χ0n) is 18.8. The van der Waals surface area contributed by atoms with Crippen molar-refractivity contribution in [3.05, 3.63) is 76.4 Å². The van der Waals surface area contributed by atoms with Crippen molar-refractivity contribution in [3.63, 3.8) is 0 Å². The van der Waals surface area contributed by atoms with Crippen LogP contribution in [0.15, 0.2) is 66.7 Å². The van der Waals surface area contributed by atoms with Crippen molar-refractivity contribution >= 4 is 165 Å². The second-order valence-corrected chi connectivity index (χ2v) is 21.9. The standard InChI is InChI=1S/C22H18S13/c1-23-17-18(24-2)29-13(28-17)7-8-14-30-21-22(31-14)35-16(34-21)10-12-6-5-11(27-12)9-15-32-19(25-3)20(26-4)33-15/h5-10H,1-4H3. The fraction of sp³-hybridized carbons (Fsp3) is 0.182. The molecule has 0 radical (unpaired) electrons. The van der Waals surface area contributed by atoms with Crippen molar-refractivity contribution in [2.45, 2.75) is 0 Å². The van der Waals surface area contributed by atoms with Crippen LogP contribution >= 0.6 is 152 Å². The Kier molecular flexibility index (Phi) is 11.1. The lowest BCUT2D eigenvalue weighted by atomic mass is 10.4. The van der Waals surface area contributed by atoms with Crippen molar-refractivity contribution in [1.29, 1.82) is 0 Å². The minimum absolute atomic E-state index is 1.33. The zero-order chi connectivity index (χ0) is 24.4. The van der Waals surface area contributed by atoms with Gasteiger partial charge in [-0.2, -0.15) is 0 Å². The summed E-state index contributed by atoms with van der Waals surface area (Å²) in [4.78, 5) is 2.66. The molecule has 4 aliphatic rings. The van der Waals surface area contributed by atoms with Crippen LogP contribution in [0.3, 0.4) is 0 Å². The molecule has 5 heterocycles. The molecular weight excluding hydrogens is 681 g/mol. The summed E-state index contributed by atoms with van der Waals surface area (Å²) < 4.78 is 14.1. The van der Waals surface area contributed by atoms with Gasteiger partial charge in [-0.05, 0) is 61.5 Å². The summed E-state index contributed by atoms with van der Waals surface area (Å²) in [5.74, 6) is 0. The highest BCUT2D eigenvalue weighted by atomic mass is 32.3. The van der Waals surface area contributed by atoms with Gasteiger partial charge in [0.05, 0.1) is 42.4 Å². The van der Waals surface area contributed by atoms with Crippen molar-refractivity contribution in [1.82, 2.24) is 0 Å². The van der Waals surface area contributed by atoms with Crippen LogP contribution in [0.2, 0.25) is 0 Å². The molecule has 35 heavy (non-hydrogen) atoms. The van der Waals surface area contributed by atoms with Gasteiger partial charge in [-0.25, -0.2) is 0 Å². The van der Waals surface area contributed by atoms with Crippen LogP contribution in [0.1, 0.15) is 9.75 Å². The summed E-state index contributed by atoms with van der Waals surface area (Å²) in [6.07, 6.45) is 17.9. The number of thiophene rings is 1. The topological polar surface area (TPSA) is 0 Å². The first-order valence-corrected chi connectivity index (χ1v) is 22.1. The summed E-state index contributed by atoms with van der Waals surface area (Å²) >= 11 is 24.6. The first-order chi connectivity index (χ1) is 17.1. The van der Waals surface area contributed by atoms with Crippen LogP contribution in [0.5, 0.6) is 0 Å². The van der Waals surface area contributed by atoms with Crippen LogP contribution in [0.4, 0.5) is 0 Å². The molecule has 0 unspecified atom stereocenters. The summed E-state index contributed by atoms with van der Waals surface area (Å²) in [6, 6.07) is 4.51. The lowest BCUT2D eigenvalue weighted by molar-refractivity contribution is 1.92. The average Bonchev–Trinajstić information content (AvgIpc) is 3.66. The van der Waals surface area contributed by atoms with Crippen LogP contribution in [-0.2, 0) is 0 Å². The van der Waals surface area contributed by atoms with Gasteiger partial charge in [0.15, 0.2) is 0 Å². The van der Waals surface area contributed by atoms with E-state index in [1.165, 1.54) is 52.1 Å². The first kappa shape index (κ1) is 28.6. The third-order valence-corrected chi connectivity index (χ3v) is 20.9. The number of allylic oxidation sites excluding steroid dienone is 2. The van der Waals surface area contributed by atoms with Gasteiger partial charge >= 0.3 is 0 Å². The molecule has 0 aliphatic carbocycles. The van der Waals surface area contributed by atoms with Gasteiger partial charge in [0.25, 0.3) is 0 Å². The Bertz CT molecular complexity index is 1180. The minimum Gasteiger partial charge on any atom is -0.136 e. The Labute approximate surface area is 262 Å². The van der Waals surface area contributed by atoms with Crippen molar-refractivity contribution in [2.24, 2.45) is 0 Å². The highest BCUT2D eigenvalue weighted by Crippen LogP contribution is 2.67. The third kappa shape index (κ3) is 7.24. The normalized spacial score (nSPS) is 20.1. The molecule has 0 atom stereocenters. The Hall–Kier alpha value is 2.08. The smallest absolute Gasteiger partial charge is 0.0716 e. The number of rotatable bonds is 7. The Morgan fingerprint density at radius 3 is 1.26 bits per heavy atom. The van der Waals surface area contributed by atoms with Gasteiger partial charge in [-0.1, -0.05) is 94.1 Å². The van der Waals surface area contributed by atoms with E-state index in [1.54, 1.807) is 0 Å². The minimum atomic E-state index is 1.33. The Morgan fingerprint density at radius 1 is 0.486 bits per heavy atom. The maximum atomic E-state index is 2.35. The molecule has 0 bridgehead atoms. The molecule has 4 aliphatic heterocycles. The van der Waals surface area contributed by atoms with Crippen LogP contribution in [-0.4, -0.2) is 25.0 Å². The molecule has 184 valence electrons. The van der Waals surface area contributed by atoms with E-state index in [1.807, 2.05) is 152 Å². The van der Waals surface area contributed by atoms with Crippen molar-refractivity contribution in [2.75, 3.05) is 25.0 Å². The van der Waals surface area contributed by atoms with Gasteiger partial charge in [0.1, 0.15) is 0 Å². The van der Waals surface area contributed by atoms with Crippen LogP contribution in [0, 0.1) is 0 Å². The molecule has 0 nitrogen and oxygen atoms in total. The summed E-state index contributed by atoms with van der Waals surface area (Å²) in [5, 5.41) is 0. The fourth-order valence-electron chi connectivity index (χ4n) is 2.84. The van der Waals surface area contributed by atoms with Gasteiger partial charge in [-0.3, -0.25) is 0 Å². The predicted octanol–water partition coefficient (Wildman–Crippen LogP) is 12.8. The van der Waals surface area contributed by atoms with Crippen LogP contribution < -0.4 is 0 Å². The zero-order valence-corrected chi connectivity index (χ0v) is 29.4. The van der Waals surface area contributed by atoms with Crippen molar-refractivity contribution in [3.8, 4) is 0 Å². The molecule has 0 fully saturated rings. The molecular formula is C22H18S13. The largest absolute Gasteiger partial charge is 0.136 e. The van der Waals surface area contributed by atoms with E-state index in [0.717, 1.165) is 0 Å². The molecule has 0 N–H and O–H groups in total. The lowest BCUT2D eigenvalue weighted by Crippen LogP contribution is -1.67. The highest BCUT2D eigenvalue weighted by molar-refractivity contribution is 8.48. The van der Waals surface area contributed by atoms with Gasteiger partial charge in [0, 0.05) is 9.75 Å². The molecule has 0 aromatic carbocycles. The second-order valence-electron chi connectivity index (χ2n) is 6.50. The maximum Gasteiger partial charge on any atom is 0.0716 e. The number of thioether (sulfide) groups is 12. The summed E-state index contributed by atoms with van der Waals surface area (Å²) in [5.41, 5.74) is 0. The maximum absolute atomic E-state index is 2.35. The quantitative estimate of drug-likeness (QED) is 0.266. The fourth-order valence-corrected chi connectivity index (χ4v) is 19.9. The molecule has 0 saturated carbocycles. The van der Waals surface area contributed by atoms with E-state index in [2.05, 4.69) is 61.5 Å². The monoisotopic (exact) mass is 698 g/mol. The Morgan fingerprint density at radius 2 is 0.829 bits per heavy atom.